The van der Waals surface area contributed by atoms with Gasteiger partial charge in [0.05, 0.1) is 5.56 Å². The topological polar surface area (TPSA) is 108 Å². The molecule has 7 nitrogen and oxygen atoms in total. The van der Waals surface area contributed by atoms with Gasteiger partial charge in [0.1, 0.15) is 21.8 Å². The third-order valence-corrected chi connectivity index (χ3v) is 7.64. The first-order valence-corrected chi connectivity index (χ1v) is 11.8. The lowest BCUT2D eigenvalue weighted by Crippen LogP contribution is -2.02. The minimum absolute atomic E-state index is 0.146. The van der Waals surface area contributed by atoms with E-state index in [9.17, 15) is 15.2 Å². The Morgan fingerprint density at radius 3 is 2.87 bits per heavy atom. The summed E-state index contributed by atoms with van der Waals surface area (Å²) in [5.41, 5.74) is 4.65. The number of hydrogen-bond donors (Lipinski definition) is 2. The molecule has 31 heavy (non-hydrogen) atoms. The van der Waals surface area contributed by atoms with Gasteiger partial charge in [-0.3, -0.25) is 5.10 Å². The van der Waals surface area contributed by atoms with Gasteiger partial charge in [0.15, 0.2) is 0 Å². The van der Waals surface area contributed by atoms with E-state index in [1.807, 2.05) is 26.8 Å². The van der Waals surface area contributed by atoms with Crippen LogP contribution in [0.3, 0.4) is 0 Å². The van der Waals surface area contributed by atoms with Gasteiger partial charge in [0.25, 0.3) is 0 Å². The molecule has 4 rings (SSSR count). The van der Waals surface area contributed by atoms with E-state index in [1.165, 1.54) is 10.4 Å². The molecule has 0 amide bonds. The minimum Gasteiger partial charge on any atom is -0.477 e. The fourth-order valence-corrected chi connectivity index (χ4v) is 6.09. The molecule has 0 atom stereocenters. The number of hydrogen-bond acceptors (Lipinski definition) is 6. The number of H-pyrrole nitrogens is 1. The maximum atomic E-state index is 11.9. The number of aromatic nitrogens is 4. The number of thiophene rings is 1. The zero-order chi connectivity index (χ0) is 22.1. The quantitative estimate of drug-likeness (QED) is 0.410. The number of nitrogens with one attached hydrogen (secondary N) is 1. The summed E-state index contributed by atoms with van der Waals surface area (Å²) in [4.78, 5) is 17.6. The smallest absolute Gasteiger partial charge is 0.342 e. The van der Waals surface area contributed by atoms with E-state index in [4.69, 9.17) is 0 Å². The molecule has 3 aromatic rings. The van der Waals surface area contributed by atoms with Crippen LogP contribution in [-0.2, 0) is 24.1 Å². The first-order valence-electron chi connectivity index (χ1n) is 10.2. The van der Waals surface area contributed by atoms with E-state index < -0.39 is 5.97 Å². The molecule has 2 N–H and O–H groups in total. The number of carboxylic acids is 1. The number of aryl methyl sites for hydroxylation is 3. The molecule has 3 aromatic heterocycles. The van der Waals surface area contributed by atoms with Crippen molar-refractivity contribution < 1.29 is 9.90 Å². The average Bonchev–Trinajstić information content (AvgIpc) is 3.42. The van der Waals surface area contributed by atoms with E-state index in [0.717, 1.165) is 70.8 Å². The van der Waals surface area contributed by atoms with E-state index in [1.54, 1.807) is 17.4 Å². The maximum absolute atomic E-state index is 11.9. The molecule has 1 aliphatic carbocycles. The van der Waals surface area contributed by atoms with Gasteiger partial charge >= 0.3 is 5.97 Å². The van der Waals surface area contributed by atoms with Crippen LogP contribution in [-0.4, -0.2) is 30.8 Å². The Bertz CT molecular complexity index is 1230. The standard InChI is InChI=1S/C22H23N5O2S2/c1-4-19-24-22(26-25-19)31-18(21(28)29)10-14-9-12(2)27(13(14)3)20-16(11-23)15-7-5-6-8-17(15)30-20/h9-10H,4-8H2,1-3H3,(H,28,29)(H,24,25,26)/b18-10-. The number of aromatic amines is 1. The third-order valence-electron chi connectivity index (χ3n) is 5.48. The first-order chi connectivity index (χ1) is 14.9. The molecule has 0 unspecified atom stereocenters. The van der Waals surface area contributed by atoms with Crippen LogP contribution in [0.1, 0.15) is 58.5 Å². The summed E-state index contributed by atoms with van der Waals surface area (Å²) >= 11 is 2.71. The van der Waals surface area contributed by atoms with Gasteiger partial charge in [-0.2, -0.15) is 5.26 Å². The lowest BCUT2D eigenvalue weighted by molar-refractivity contribution is -0.131. The molecule has 0 saturated carbocycles. The number of carboxylic acid groups (broad SMARTS) is 1. The molecule has 3 heterocycles. The van der Waals surface area contributed by atoms with Gasteiger partial charge in [0.2, 0.25) is 5.16 Å². The summed E-state index contributed by atoms with van der Waals surface area (Å²) in [6, 6.07) is 4.39. The first kappa shape index (κ1) is 21.4. The van der Waals surface area contributed by atoms with Crippen molar-refractivity contribution in [3.8, 4) is 11.1 Å². The highest BCUT2D eigenvalue weighted by atomic mass is 32.2. The third kappa shape index (κ3) is 4.05. The Morgan fingerprint density at radius 2 is 2.19 bits per heavy atom. The van der Waals surface area contributed by atoms with Crippen LogP contribution in [0.2, 0.25) is 0 Å². The van der Waals surface area contributed by atoms with Crippen molar-refractivity contribution in [1.29, 1.82) is 5.26 Å². The van der Waals surface area contributed by atoms with Crippen LogP contribution in [0.15, 0.2) is 16.1 Å². The molecule has 0 aromatic carbocycles. The normalized spacial score (nSPS) is 13.8. The molecule has 0 radical (unpaired) electrons. The van der Waals surface area contributed by atoms with Crippen LogP contribution >= 0.6 is 23.1 Å². The number of aliphatic carboxylic acids is 1. The molecule has 160 valence electrons. The molecule has 0 bridgehead atoms. The second-order valence-electron chi connectivity index (χ2n) is 7.50. The minimum atomic E-state index is -1.03. The second-order valence-corrected chi connectivity index (χ2v) is 9.59. The number of carbonyl (C=O) groups is 1. The molecule has 9 heteroatoms. The lowest BCUT2D eigenvalue weighted by atomic mass is 9.96. The Kier molecular flexibility index (Phi) is 6.03. The van der Waals surface area contributed by atoms with Gasteiger partial charge in [-0.25, -0.2) is 9.78 Å². The summed E-state index contributed by atoms with van der Waals surface area (Å²) < 4.78 is 2.08. The monoisotopic (exact) mass is 453 g/mol. The maximum Gasteiger partial charge on any atom is 0.342 e. The summed E-state index contributed by atoms with van der Waals surface area (Å²) in [6.45, 7) is 5.90. The zero-order valence-electron chi connectivity index (χ0n) is 17.7. The molecule has 1 aliphatic rings. The summed E-state index contributed by atoms with van der Waals surface area (Å²) in [5.74, 6) is -0.307. The predicted octanol–water partition coefficient (Wildman–Crippen LogP) is 4.80. The van der Waals surface area contributed by atoms with Crippen LogP contribution in [0, 0.1) is 25.2 Å². The Balaban J connectivity index is 1.75. The fourth-order valence-electron chi connectivity index (χ4n) is 3.93. The largest absolute Gasteiger partial charge is 0.477 e. The number of nitriles is 1. The summed E-state index contributed by atoms with van der Waals surface area (Å²) in [7, 11) is 0. The van der Waals surface area contributed by atoms with Crippen molar-refractivity contribution in [3.63, 3.8) is 0 Å². The van der Waals surface area contributed by atoms with Crippen LogP contribution in [0.4, 0.5) is 0 Å². The van der Waals surface area contributed by atoms with Crippen molar-refractivity contribution in [2.45, 2.75) is 58.0 Å². The average molecular weight is 454 g/mol. The van der Waals surface area contributed by atoms with Crippen LogP contribution in [0.5, 0.6) is 0 Å². The molecular formula is C22H23N5O2S2. The Labute approximate surface area is 188 Å². The summed E-state index contributed by atoms with van der Waals surface area (Å²) in [6.07, 6.45) is 6.62. The highest BCUT2D eigenvalue weighted by Crippen LogP contribution is 2.38. The predicted molar refractivity (Wildman–Crippen MR) is 122 cm³/mol. The van der Waals surface area contributed by atoms with Crippen molar-refractivity contribution >= 4 is 35.1 Å². The van der Waals surface area contributed by atoms with Gasteiger partial charge in [-0.05, 0) is 74.6 Å². The highest BCUT2D eigenvalue weighted by molar-refractivity contribution is 8.04. The van der Waals surface area contributed by atoms with Crippen molar-refractivity contribution in [3.05, 3.63) is 49.8 Å². The number of thioether (sulfide) groups is 1. The Morgan fingerprint density at radius 1 is 1.42 bits per heavy atom. The number of rotatable bonds is 6. The Hall–Kier alpha value is -2.83. The molecule has 0 spiro atoms. The van der Waals surface area contributed by atoms with Crippen molar-refractivity contribution in [1.82, 2.24) is 19.7 Å². The molecule has 0 saturated heterocycles. The number of fused-ring (bicyclic) bond motifs is 1. The second kappa shape index (κ2) is 8.73. The van der Waals surface area contributed by atoms with Gasteiger partial charge in [-0.15, -0.1) is 16.4 Å². The van der Waals surface area contributed by atoms with Crippen molar-refractivity contribution in [2.24, 2.45) is 0 Å². The molecule has 0 fully saturated rings. The molecular weight excluding hydrogens is 430 g/mol. The van der Waals surface area contributed by atoms with E-state index >= 15 is 0 Å². The highest BCUT2D eigenvalue weighted by Gasteiger charge is 2.24. The lowest BCUT2D eigenvalue weighted by Gasteiger charge is -2.10. The van der Waals surface area contributed by atoms with Gasteiger partial charge < -0.3 is 9.67 Å². The summed E-state index contributed by atoms with van der Waals surface area (Å²) in [5, 5.41) is 27.8. The fraction of sp³-hybridized carbons (Fsp3) is 0.364. The van der Waals surface area contributed by atoms with Gasteiger partial charge in [-0.1, -0.05) is 6.92 Å². The number of nitrogens with zero attached hydrogens (tertiary/aromatic N) is 4. The van der Waals surface area contributed by atoms with E-state index in [0.29, 0.717) is 11.6 Å². The SMILES string of the molecule is CCc1nc(S/C(=C\c2cc(C)n(-c3sc4c(c3C#N)CCCC4)c2C)C(=O)O)n[nH]1. The zero-order valence-corrected chi connectivity index (χ0v) is 19.3. The van der Waals surface area contributed by atoms with Crippen molar-refractivity contribution in [2.75, 3.05) is 0 Å². The van der Waals surface area contributed by atoms with E-state index in [2.05, 4.69) is 25.8 Å². The van der Waals surface area contributed by atoms with Crippen LogP contribution in [0.25, 0.3) is 11.1 Å². The molecule has 0 aliphatic heterocycles. The van der Waals surface area contributed by atoms with E-state index in [-0.39, 0.29) is 4.91 Å². The van der Waals surface area contributed by atoms with Crippen LogP contribution < -0.4 is 0 Å². The van der Waals surface area contributed by atoms with Gasteiger partial charge in [0, 0.05) is 22.7 Å².